The van der Waals surface area contributed by atoms with Gasteiger partial charge in [-0.3, -0.25) is 4.79 Å². The lowest BCUT2D eigenvalue weighted by Crippen LogP contribution is -2.47. The maximum atomic E-state index is 12.3. The van der Waals surface area contributed by atoms with Crippen molar-refractivity contribution in [1.82, 2.24) is 9.80 Å². The first-order valence-electron chi connectivity index (χ1n) is 8.24. The summed E-state index contributed by atoms with van der Waals surface area (Å²) in [7, 11) is 0. The summed E-state index contributed by atoms with van der Waals surface area (Å²) in [6.45, 7) is 4.07. The Labute approximate surface area is 147 Å². The predicted octanol–water partition coefficient (Wildman–Crippen LogP) is 3.46. The Balaban J connectivity index is 1.47. The summed E-state index contributed by atoms with van der Waals surface area (Å²) in [6.07, 6.45) is 4.74. The fourth-order valence-electron chi connectivity index (χ4n) is 3.41. The summed E-state index contributed by atoms with van der Waals surface area (Å²) >= 11 is 12.0. The SMILES string of the molecule is O=C(COc1cccc(Cl)c1Cl)N1CCC(N2CCCC2)CC1. The number of benzene rings is 1. The zero-order valence-electron chi connectivity index (χ0n) is 13.1. The summed E-state index contributed by atoms with van der Waals surface area (Å²) in [5.41, 5.74) is 0. The molecule has 0 N–H and O–H groups in total. The van der Waals surface area contributed by atoms with E-state index in [2.05, 4.69) is 4.90 Å². The van der Waals surface area contributed by atoms with E-state index in [9.17, 15) is 4.79 Å². The molecule has 6 heteroatoms. The molecule has 23 heavy (non-hydrogen) atoms. The van der Waals surface area contributed by atoms with Crippen molar-refractivity contribution in [3.05, 3.63) is 28.2 Å². The molecule has 0 unspecified atom stereocenters. The lowest BCUT2D eigenvalue weighted by atomic mass is 10.0. The van der Waals surface area contributed by atoms with Gasteiger partial charge in [0.05, 0.1) is 5.02 Å². The van der Waals surface area contributed by atoms with Crippen LogP contribution >= 0.6 is 23.2 Å². The third kappa shape index (κ3) is 4.11. The number of ether oxygens (including phenoxy) is 1. The number of nitrogens with zero attached hydrogens (tertiary/aromatic N) is 2. The molecule has 0 aliphatic carbocycles. The number of hydrogen-bond donors (Lipinski definition) is 0. The summed E-state index contributed by atoms with van der Waals surface area (Å²) in [4.78, 5) is 16.8. The van der Waals surface area contributed by atoms with E-state index in [1.165, 1.54) is 25.9 Å². The number of carbonyl (C=O) groups is 1. The molecule has 0 atom stereocenters. The fourth-order valence-corrected chi connectivity index (χ4v) is 3.76. The van der Waals surface area contributed by atoms with Gasteiger partial charge in [-0.25, -0.2) is 0 Å². The maximum absolute atomic E-state index is 12.3. The van der Waals surface area contributed by atoms with Gasteiger partial charge in [-0.2, -0.15) is 0 Å². The Morgan fingerprint density at radius 3 is 2.52 bits per heavy atom. The van der Waals surface area contributed by atoms with Gasteiger partial charge in [-0.1, -0.05) is 29.3 Å². The number of amides is 1. The Morgan fingerprint density at radius 1 is 1.13 bits per heavy atom. The average molecular weight is 357 g/mol. The first-order valence-corrected chi connectivity index (χ1v) is 8.99. The van der Waals surface area contributed by atoms with Gasteiger partial charge in [-0.05, 0) is 50.9 Å². The van der Waals surface area contributed by atoms with Crippen molar-refractivity contribution in [1.29, 1.82) is 0 Å². The minimum Gasteiger partial charge on any atom is -0.482 e. The molecule has 1 aromatic carbocycles. The lowest BCUT2D eigenvalue weighted by Gasteiger charge is -2.36. The Morgan fingerprint density at radius 2 is 1.83 bits per heavy atom. The Bertz CT molecular complexity index is 554. The van der Waals surface area contributed by atoms with Gasteiger partial charge in [-0.15, -0.1) is 0 Å². The van der Waals surface area contributed by atoms with Crippen LogP contribution in [0, 0.1) is 0 Å². The topological polar surface area (TPSA) is 32.8 Å². The summed E-state index contributed by atoms with van der Waals surface area (Å²) in [5, 5.41) is 0.790. The zero-order valence-corrected chi connectivity index (χ0v) is 14.7. The largest absolute Gasteiger partial charge is 0.482 e. The molecule has 0 aromatic heterocycles. The molecule has 4 nitrogen and oxygen atoms in total. The molecule has 1 aromatic rings. The summed E-state index contributed by atoms with van der Waals surface area (Å²) in [6, 6.07) is 5.82. The van der Waals surface area contributed by atoms with Crippen LogP contribution in [0.5, 0.6) is 5.75 Å². The normalized spacial score (nSPS) is 20.0. The van der Waals surface area contributed by atoms with Crippen LogP contribution in [0.2, 0.25) is 10.0 Å². The molecule has 2 aliphatic rings. The second-order valence-corrected chi connectivity index (χ2v) is 6.98. The highest BCUT2D eigenvalue weighted by Gasteiger charge is 2.28. The summed E-state index contributed by atoms with van der Waals surface area (Å²) in [5.74, 6) is 0.473. The minimum absolute atomic E-state index is 0.00838. The number of carbonyl (C=O) groups excluding carboxylic acids is 1. The second kappa shape index (κ2) is 7.73. The first-order chi connectivity index (χ1) is 11.1. The molecule has 0 spiro atoms. The molecular formula is C17H22Cl2N2O2. The van der Waals surface area contributed by atoms with Crippen molar-refractivity contribution in [3.63, 3.8) is 0 Å². The molecule has 2 heterocycles. The van der Waals surface area contributed by atoms with Crippen LogP contribution in [0.15, 0.2) is 18.2 Å². The van der Waals surface area contributed by atoms with Crippen LogP contribution in [0.25, 0.3) is 0 Å². The molecule has 3 rings (SSSR count). The van der Waals surface area contributed by atoms with Gasteiger partial charge in [0, 0.05) is 19.1 Å². The molecule has 126 valence electrons. The van der Waals surface area contributed by atoms with E-state index >= 15 is 0 Å². The van der Waals surface area contributed by atoms with Gasteiger partial charge in [0.15, 0.2) is 6.61 Å². The molecule has 2 aliphatic heterocycles. The van der Waals surface area contributed by atoms with E-state index in [1.807, 2.05) is 4.90 Å². The Hall–Kier alpha value is -0.970. The molecule has 2 saturated heterocycles. The quantitative estimate of drug-likeness (QED) is 0.827. The van der Waals surface area contributed by atoms with Gasteiger partial charge in [0.25, 0.3) is 5.91 Å². The van der Waals surface area contributed by atoms with E-state index in [0.717, 1.165) is 25.9 Å². The van der Waals surface area contributed by atoms with E-state index in [0.29, 0.717) is 21.8 Å². The highest BCUT2D eigenvalue weighted by Crippen LogP contribution is 2.31. The number of piperidine rings is 1. The van der Waals surface area contributed by atoms with E-state index in [1.54, 1.807) is 18.2 Å². The number of rotatable bonds is 4. The number of halogens is 2. The van der Waals surface area contributed by atoms with Gasteiger partial charge >= 0.3 is 0 Å². The van der Waals surface area contributed by atoms with Gasteiger partial charge in [0.2, 0.25) is 0 Å². The molecule has 2 fully saturated rings. The third-order valence-electron chi connectivity index (χ3n) is 4.74. The van der Waals surface area contributed by atoms with Crippen molar-refractivity contribution in [2.24, 2.45) is 0 Å². The lowest BCUT2D eigenvalue weighted by molar-refractivity contribution is -0.134. The highest BCUT2D eigenvalue weighted by atomic mass is 35.5. The van der Waals surface area contributed by atoms with E-state index in [4.69, 9.17) is 27.9 Å². The molecule has 0 saturated carbocycles. The highest BCUT2D eigenvalue weighted by molar-refractivity contribution is 6.42. The van der Waals surface area contributed by atoms with Crippen LogP contribution < -0.4 is 4.74 Å². The summed E-state index contributed by atoms with van der Waals surface area (Å²) < 4.78 is 5.54. The molecule has 0 bridgehead atoms. The number of likely N-dealkylation sites (tertiary alicyclic amines) is 2. The van der Waals surface area contributed by atoms with Crippen LogP contribution in [-0.2, 0) is 4.79 Å². The van der Waals surface area contributed by atoms with Crippen LogP contribution in [0.4, 0.5) is 0 Å². The molecule has 1 amide bonds. The average Bonchev–Trinajstić information content (AvgIpc) is 3.10. The molecule has 0 radical (unpaired) electrons. The Kier molecular flexibility index (Phi) is 5.67. The van der Waals surface area contributed by atoms with Crippen molar-refractivity contribution in [3.8, 4) is 5.75 Å². The number of hydrogen-bond acceptors (Lipinski definition) is 3. The standard InChI is InChI=1S/C17H22Cl2N2O2/c18-14-4-3-5-15(17(14)19)23-12-16(22)21-10-6-13(7-11-21)20-8-1-2-9-20/h3-5,13H,1-2,6-12H2. The fraction of sp³-hybridized carbons (Fsp3) is 0.588. The van der Waals surface area contributed by atoms with Gasteiger partial charge < -0.3 is 14.5 Å². The van der Waals surface area contributed by atoms with Crippen LogP contribution in [0.1, 0.15) is 25.7 Å². The van der Waals surface area contributed by atoms with E-state index in [-0.39, 0.29) is 12.5 Å². The monoisotopic (exact) mass is 356 g/mol. The van der Waals surface area contributed by atoms with Crippen LogP contribution in [-0.4, -0.2) is 54.5 Å². The third-order valence-corrected chi connectivity index (χ3v) is 5.54. The second-order valence-electron chi connectivity index (χ2n) is 6.20. The smallest absolute Gasteiger partial charge is 0.260 e. The first kappa shape index (κ1) is 16.9. The minimum atomic E-state index is 0.00838. The molecular weight excluding hydrogens is 335 g/mol. The van der Waals surface area contributed by atoms with Gasteiger partial charge in [0.1, 0.15) is 10.8 Å². The van der Waals surface area contributed by atoms with Crippen molar-refractivity contribution in [2.45, 2.75) is 31.7 Å². The van der Waals surface area contributed by atoms with E-state index < -0.39 is 0 Å². The predicted molar refractivity (Wildman–Crippen MR) is 92.4 cm³/mol. The zero-order chi connectivity index (χ0) is 16.2. The van der Waals surface area contributed by atoms with Crippen LogP contribution in [0.3, 0.4) is 0 Å². The van der Waals surface area contributed by atoms with Crippen molar-refractivity contribution < 1.29 is 9.53 Å². The van der Waals surface area contributed by atoms with Crippen molar-refractivity contribution >= 4 is 29.1 Å². The maximum Gasteiger partial charge on any atom is 0.260 e. The van der Waals surface area contributed by atoms with Crippen molar-refractivity contribution in [2.75, 3.05) is 32.8 Å².